The summed E-state index contributed by atoms with van der Waals surface area (Å²) in [6, 6.07) is 10.9. The maximum atomic E-state index is 12.3. The van der Waals surface area contributed by atoms with E-state index in [4.69, 9.17) is 0 Å². The predicted molar refractivity (Wildman–Crippen MR) is 90.2 cm³/mol. The van der Waals surface area contributed by atoms with Gasteiger partial charge in [-0.05, 0) is 35.4 Å². The number of carbonyl (C=O) groups is 1. The number of imidazole rings is 1. The van der Waals surface area contributed by atoms with Crippen LogP contribution >= 0.6 is 0 Å². The van der Waals surface area contributed by atoms with Crippen molar-refractivity contribution in [3.8, 4) is 17.2 Å². The molecule has 1 heterocycles. The van der Waals surface area contributed by atoms with Gasteiger partial charge >= 0.3 is 0 Å². The summed E-state index contributed by atoms with van der Waals surface area (Å²) >= 11 is 0. The molecule has 0 atom stereocenters. The summed E-state index contributed by atoms with van der Waals surface area (Å²) in [6.07, 6.45) is 1.61. The molecule has 24 heavy (non-hydrogen) atoms. The fourth-order valence-electron chi connectivity index (χ4n) is 2.68. The molecular weight excluding hydrogens is 304 g/mol. The highest BCUT2D eigenvalue weighted by Crippen LogP contribution is 2.30. The molecule has 0 spiro atoms. The Morgan fingerprint density at radius 1 is 1.33 bits per heavy atom. The smallest absolute Gasteiger partial charge is 0.253 e. The average molecular weight is 320 g/mol. The number of aromatic nitrogens is 2. The number of aromatic amines is 1. The van der Waals surface area contributed by atoms with Gasteiger partial charge in [0.15, 0.2) is 0 Å². The normalized spacial score (nSPS) is 10.6. The second kappa shape index (κ2) is 6.14. The molecular formula is C18H16N4O2. The first-order valence-corrected chi connectivity index (χ1v) is 7.38. The van der Waals surface area contributed by atoms with E-state index in [1.165, 1.54) is 11.0 Å². The summed E-state index contributed by atoms with van der Waals surface area (Å²) in [5.74, 6) is -0.196. The van der Waals surface area contributed by atoms with Gasteiger partial charge in [0, 0.05) is 25.2 Å². The molecule has 0 radical (unpaired) electrons. The second-order valence-electron chi connectivity index (χ2n) is 5.65. The third-order valence-electron chi connectivity index (χ3n) is 3.91. The number of aliphatic hydroxyl groups is 1. The van der Waals surface area contributed by atoms with Gasteiger partial charge in [-0.3, -0.25) is 4.79 Å². The Morgan fingerprint density at radius 3 is 2.79 bits per heavy atom. The number of carbonyl (C=O) groups excluding carboxylic acids is 1. The van der Waals surface area contributed by atoms with Crippen molar-refractivity contribution in [3.05, 3.63) is 53.3 Å². The van der Waals surface area contributed by atoms with Crippen LogP contribution in [-0.4, -0.2) is 40.0 Å². The van der Waals surface area contributed by atoms with Gasteiger partial charge in [0.2, 0.25) is 0 Å². The molecule has 120 valence electrons. The zero-order valence-electron chi connectivity index (χ0n) is 13.4. The fraction of sp³-hybridized carbons (Fsp3) is 0.167. The van der Waals surface area contributed by atoms with Crippen LogP contribution in [0.4, 0.5) is 0 Å². The molecule has 6 nitrogen and oxygen atoms in total. The number of amides is 1. The van der Waals surface area contributed by atoms with Crippen LogP contribution in [0.5, 0.6) is 0 Å². The van der Waals surface area contributed by atoms with Gasteiger partial charge < -0.3 is 15.0 Å². The first kappa shape index (κ1) is 15.7. The summed E-state index contributed by atoms with van der Waals surface area (Å²) in [7, 11) is 3.31. The number of hydrogen-bond acceptors (Lipinski definition) is 4. The van der Waals surface area contributed by atoms with E-state index in [9.17, 15) is 15.2 Å². The van der Waals surface area contributed by atoms with Crippen molar-refractivity contribution in [1.29, 1.82) is 5.26 Å². The first-order valence-electron chi connectivity index (χ1n) is 7.38. The number of benzene rings is 2. The molecule has 0 aliphatic heterocycles. The SMILES string of the molecule is CN(C)C(=O)c1cc(C#N)c(CO)c(-c2ccc3[nH]cnc3c2)c1. The lowest BCUT2D eigenvalue weighted by atomic mass is 9.93. The number of fused-ring (bicyclic) bond motifs is 1. The topological polar surface area (TPSA) is 93.0 Å². The molecule has 0 aliphatic rings. The van der Waals surface area contributed by atoms with Crippen molar-refractivity contribution < 1.29 is 9.90 Å². The van der Waals surface area contributed by atoms with Gasteiger partial charge in [0.25, 0.3) is 5.91 Å². The van der Waals surface area contributed by atoms with Crippen molar-refractivity contribution >= 4 is 16.9 Å². The zero-order chi connectivity index (χ0) is 17.3. The van der Waals surface area contributed by atoms with E-state index >= 15 is 0 Å². The maximum absolute atomic E-state index is 12.3. The van der Waals surface area contributed by atoms with Crippen LogP contribution in [0.1, 0.15) is 21.5 Å². The Balaban J connectivity index is 2.26. The lowest BCUT2D eigenvalue weighted by Gasteiger charge is -2.15. The molecule has 0 fully saturated rings. The van der Waals surface area contributed by atoms with Gasteiger partial charge in [0.1, 0.15) is 0 Å². The Morgan fingerprint density at radius 2 is 2.12 bits per heavy atom. The third-order valence-corrected chi connectivity index (χ3v) is 3.91. The fourth-order valence-corrected chi connectivity index (χ4v) is 2.68. The third kappa shape index (κ3) is 2.62. The highest BCUT2D eigenvalue weighted by molar-refractivity contribution is 5.96. The van der Waals surface area contributed by atoms with Gasteiger partial charge in [-0.1, -0.05) is 6.07 Å². The minimum Gasteiger partial charge on any atom is -0.392 e. The Kier molecular flexibility index (Phi) is 4.02. The van der Waals surface area contributed by atoms with Crippen LogP contribution in [0.3, 0.4) is 0 Å². The molecule has 0 saturated heterocycles. The predicted octanol–water partition coefficient (Wildman–Crippen LogP) is 2.30. The molecule has 6 heteroatoms. The Bertz CT molecular complexity index is 967. The van der Waals surface area contributed by atoms with Crippen molar-refractivity contribution in [2.24, 2.45) is 0 Å². The van der Waals surface area contributed by atoms with Crippen LogP contribution in [0.15, 0.2) is 36.7 Å². The van der Waals surface area contributed by atoms with Crippen LogP contribution in [0.25, 0.3) is 22.2 Å². The van der Waals surface area contributed by atoms with Crippen LogP contribution in [0, 0.1) is 11.3 Å². The minimum atomic E-state index is -0.284. The van der Waals surface area contributed by atoms with Crippen molar-refractivity contribution in [1.82, 2.24) is 14.9 Å². The van der Waals surface area contributed by atoms with Crippen LogP contribution < -0.4 is 0 Å². The number of hydrogen-bond donors (Lipinski definition) is 2. The van der Waals surface area contributed by atoms with E-state index in [2.05, 4.69) is 16.0 Å². The number of nitriles is 1. The lowest BCUT2D eigenvalue weighted by molar-refractivity contribution is 0.0827. The van der Waals surface area contributed by atoms with Gasteiger partial charge in [0.05, 0.1) is 35.6 Å². The van der Waals surface area contributed by atoms with E-state index in [0.29, 0.717) is 22.3 Å². The molecule has 0 bridgehead atoms. The van der Waals surface area contributed by atoms with E-state index in [1.54, 1.807) is 26.5 Å². The minimum absolute atomic E-state index is 0.196. The van der Waals surface area contributed by atoms with Crippen molar-refractivity contribution in [2.75, 3.05) is 14.1 Å². The Hall–Kier alpha value is -3.17. The van der Waals surface area contributed by atoms with Crippen LogP contribution in [-0.2, 0) is 6.61 Å². The zero-order valence-corrected chi connectivity index (χ0v) is 13.4. The van der Waals surface area contributed by atoms with Gasteiger partial charge in [-0.15, -0.1) is 0 Å². The van der Waals surface area contributed by atoms with Crippen molar-refractivity contribution in [2.45, 2.75) is 6.61 Å². The number of rotatable bonds is 3. The number of H-pyrrole nitrogens is 1. The number of aliphatic hydroxyl groups excluding tert-OH is 1. The van der Waals surface area contributed by atoms with Crippen LogP contribution in [0.2, 0.25) is 0 Å². The first-order chi connectivity index (χ1) is 11.5. The second-order valence-corrected chi connectivity index (χ2v) is 5.65. The monoisotopic (exact) mass is 320 g/mol. The van der Waals surface area contributed by atoms with E-state index in [1.807, 2.05) is 18.2 Å². The summed E-state index contributed by atoms with van der Waals surface area (Å²) in [5, 5.41) is 19.1. The molecule has 0 unspecified atom stereocenters. The van der Waals surface area contributed by atoms with E-state index in [-0.39, 0.29) is 12.5 Å². The highest BCUT2D eigenvalue weighted by atomic mass is 16.3. The molecule has 2 aromatic carbocycles. The molecule has 3 rings (SSSR count). The lowest BCUT2D eigenvalue weighted by Crippen LogP contribution is -2.22. The molecule has 1 aromatic heterocycles. The number of nitrogens with one attached hydrogen (secondary N) is 1. The Labute approximate surface area is 139 Å². The quantitative estimate of drug-likeness (QED) is 0.774. The summed E-state index contributed by atoms with van der Waals surface area (Å²) in [5.41, 5.74) is 4.33. The molecule has 2 N–H and O–H groups in total. The van der Waals surface area contributed by atoms with Gasteiger partial charge in [-0.25, -0.2) is 4.98 Å². The van der Waals surface area contributed by atoms with Gasteiger partial charge in [-0.2, -0.15) is 5.26 Å². The summed E-state index contributed by atoms with van der Waals surface area (Å²) in [4.78, 5) is 21.0. The molecule has 0 aliphatic carbocycles. The van der Waals surface area contributed by atoms with Crippen molar-refractivity contribution in [3.63, 3.8) is 0 Å². The number of nitrogens with zero attached hydrogens (tertiary/aromatic N) is 3. The molecule has 0 saturated carbocycles. The standard InChI is InChI=1S/C18H16N4O2/c1-22(2)18(24)12-5-13(8-19)15(9-23)14(6-12)11-3-4-16-17(7-11)21-10-20-16/h3-7,10,23H,9H2,1-2H3,(H,20,21). The van der Waals surface area contributed by atoms with E-state index in [0.717, 1.165) is 16.6 Å². The highest BCUT2D eigenvalue weighted by Gasteiger charge is 2.17. The molecule has 1 amide bonds. The molecule has 3 aromatic rings. The maximum Gasteiger partial charge on any atom is 0.253 e. The average Bonchev–Trinajstić information content (AvgIpc) is 3.07. The summed E-state index contributed by atoms with van der Waals surface area (Å²) < 4.78 is 0. The van der Waals surface area contributed by atoms with E-state index < -0.39 is 0 Å². The summed E-state index contributed by atoms with van der Waals surface area (Å²) in [6.45, 7) is -0.284. The largest absolute Gasteiger partial charge is 0.392 e.